The molecule has 6 nitrogen and oxygen atoms in total. The van der Waals surface area contributed by atoms with Gasteiger partial charge in [-0.3, -0.25) is 4.79 Å². The molecule has 0 spiro atoms. The summed E-state index contributed by atoms with van der Waals surface area (Å²) < 4.78 is 40.7. The Morgan fingerprint density at radius 1 is 1.17 bits per heavy atom. The fourth-order valence-electron chi connectivity index (χ4n) is 4.03. The van der Waals surface area contributed by atoms with E-state index in [1.807, 2.05) is 32.0 Å². The van der Waals surface area contributed by atoms with Crippen molar-refractivity contribution in [2.75, 3.05) is 24.3 Å². The van der Waals surface area contributed by atoms with Gasteiger partial charge in [0.2, 0.25) is 11.9 Å². The van der Waals surface area contributed by atoms with Crippen molar-refractivity contribution in [3.63, 3.8) is 0 Å². The molecule has 1 heterocycles. The van der Waals surface area contributed by atoms with E-state index in [9.17, 15) is 18.0 Å². The third kappa shape index (κ3) is 4.83. The number of nitrogens with one attached hydrogen (secondary N) is 1. The molecule has 3 N–H and O–H groups in total. The molecule has 1 saturated carbocycles. The topological polar surface area (TPSA) is 84.1 Å². The summed E-state index contributed by atoms with van der Waals surface area (Å²) >= 11 is 0. The molecule has 0 bridgehead atoms. The number of halogens is 3. The Morgan fingerprint density at radius 2 is 1.83 bits per heavy atom. The van der Waals surface area contributed by atoms with Crippen LogP contribution in [0.1, 0.15) is 58.8 Å². The molecule has 1 aliphatic rings. The van der Waals surface area contributed by atoms with Crippen molar-refractivity contribution in [1.82, 2.24) is 9.97 Å². The van der Waals surface area contributed by atoms with Crippen LogP contribution in [0.2, 0.25) is 0 Å². The number of aromatic nitrogens is 2. The average Bonchev–Trinajstić information content (AvgIpc) is 2.66. The van der Waals surface area contributed by atoms with E-state index in [0.717, 1.165) is 11.8 Å². The second-order valence-corrected chi connectivity index (χ2v) is 7.91. The average molecular weight is 421 g/mol. The molecule has 0 atom stereocenters. The van der Waals surface area contributed by atoms with Gasteiger partial charge in [-0.1, -0.05) is 6.07 Å². The summed E-state index contributed by atoms with van der Waals surface area (Å²) in [5, 5.41) is 3.38. The van der Waals surface area contributed by atoms with Gasteiger partial charge in [0.25, 0.3) is 0 Å². The lowest BCUT2D eigenvalue weighted by Crippen LogP contribution is -2.28. The normalized spacial score (nSPS) is 19.4. The van der Waals surface area contributed by atoms with Crippen LogP contribution in [0.4, 0.5) is 24.9 Å². The van der Waals surface area contributed by atoms with Gasteiger partial charge < -0.3 is 16.0 Å². The van der Waals surface area contributed by atoms with Crippen molar-refractivity contribution < 1.29 is 18.0 Å². The number of rotatable bonds is 5. The molecule has 0 unspecified atom stereocenters. The van der Waals surface area contributed by atoms with Crippen LogP contribution in [0.25, 0.3) is 0 Å². The maximum Gasteiger partial charge on any atom is 0.416 e. The Hall–Kier alpha value is -2.84. The second kappa shape index (κ2) is 8.49. The van der Waals surface area contributed by atoms with Crippen molar-refractivity contribution >= 4 is 17.7 Å². The van der Waals surface area contributed by atoms with E-state index in [-0.39, 0.29) is 23.1 Å². The standard InChI is InChI=1S/C21H26F3N5O/c1-12-11-17(28-20(26-12)29(2)3)27-14-9-7-13(8-10-14)18-15(19(25)30)5-4-6-16(18)21(22,23)24/h4-6,11,13-14H,7-10H2,1-3H3,(H2,25,30)(H,26,27,28). The number of carbonyl (C=O) groups excluding carboxylic acids is 1. The van der Waals surface area contributed by atoms with Gasteiger partial charge in [-0.2, -0.15) is 18.2 Å². The molecule has 2 aromatic rings. The molecule has 1 aromatic carbocycles. The first kappa shape index (κ1) is 21.9. The quantitative estimate of drug-likeness (QED) is 0.759. The highest BCUT2D eigenvalue weighted by atomic mass is 19.4. The minimum Gasteiger partial charge on any atom is -0.367 e. The number of alkyl halides is 3. The summed E-state index contributed by atoms with van der Waals surface area (Å²) in [6.45, 7) is 1.89. The number of aryl methyl sites for hydroxylation is 1. The highest BCUT2D eigenvalue weighted by Crippen LogP contribution is 2.42. The number of hydrogen-bond donors (Lipinski definition) is 2. The highest BCUT2D eigenvalue weighted by molar-refractivity contribution is 5.95. The van der Waals surface area contributed by atoms with Gasteiger partial charge in [-0.15, -0.1) is 0 Å². The molecule has 30 heavy (non-hydrogen) atoms. The number of nitrogens with two attached hydrogens (primary N) is 1. The zero-order chi connectivity index (χ0) is 22.1. The van der Waals surface area contributed by atoms with Gasteiger partial charge >= 0.3 is 6.18 Å². The van der Waals surface area contributed by atoms with Crippen LogP contribution in [-0.2, 0) is 6.18 Å². The SMILES string of the molecule is Cc1cc(NC2CCC(c3c(C(N)=O)cccc3C(F)(F)F)CC2)nc(N(C)C)n1. The van der Waals surface area contributed by atoms with Gasteiger partial charge in [0.1, 0.15) is 5.82 Å². The van der Waals surface area contributed by atoms with E-state index in [4.69, 9.17) is 5.73 Å². The Morgan fingerprint density at radius 3 is 2.40 bits per heavy atom. The summed E-state index contributed by atoms with van der Waals surface area (Å²) in [6.07, 6.45) is -2.16. The molecular weight excluding hydrogens is 395 g/mol. The van der Waals surface area contributed by atoms with Crippen molar-refractivity contribution in [3.05, 3.63) is 46.6 Å². The molecule has 1 amide bonds. The fourth-order valence-corrected chi connectivity index (χ4v) is 4.03. The summed E-state index contributed by atoms with van der Waals surface area (Å²) in [6, 6.07) is 5.57. The number of nitrogens with zero attached hydrogens (tertiary/aromatic N) is 3. The zero-order valence-electron chi connectivity index (χ0n) is 17.3. The van der Waals surface area contributed by atoms with E-state index in [0.29, 0.717) is 37.4 Å². The highest BCUT2D eigenvalue weighted by Gasteiger charge is 2.38. The fraction of sp³-hybridized carbons (Fsp3) is 0.476. The van der Waals surface area contributed by atoms with E-state index in [2.05, 4.69) is 15.3 Å². The minimum atomic E-state index is -4.53. The summed E-state index contributed by atoms with van der Waals surface area (Å²) in [7, 11) is 3.72. The third-order valence-electron chi connectivity index (χ3n) is 5.41. The first-order valence-electron chi connectivity index (χ1n) is 9.85. The summed E-state index contributed by atoms with van der Waals surface area (Å²) in [5.41, 5.74) is 5.43. The number of amides is 1. The lowest BCUT2D eigenvalue weighted by Gasteiger charge is -2.32. The minimum absolute atomic E-state index is 0.0312. The van der Waals surface area contributed by atoms with Gasteiger partial charge in [0.15, 0.2) is 0 Å². The van der Waals surface area contributed by atoms with E-state index in [1.54, 1.807) is 0 Å². The van der Waals surface area contributed by atoms with E-state index < -0.39 is 17.6 Å². The largest absolute Gasteiger partial charge is 0.416 e. The monoisotopic (exact) mass is 421 g/mol. The Kier molecular flexibility index (Phi) is 6.19. The number of benzene rings is 1. The van der Waals surface area contributed by atoms with Crippen LogP contribution in [-0.4, -0.2) is 36.0 Å². The van der Waals surface area contributed by atoms with Crippen LogP contribution < -0.4 is 16.0 Å². The molecular formula is C21H26F3N5O. The molecule has 1 fully saturated rings. The predicted molar refractivity (Wildman–Crippen MR) is 110 cm³/mol. The van der Waals surface area contributed by atoms with Crippen molar-refractivity contribution in [2.45, 2.75) is 50.7 Å². The number of carbonyl (C=O) groups is 1. The molecule has 9 heteroatoms. The summed E-state index contributed by atoms with van der Waals surface area (Å²) in [4.78, 5) is 22.4. The molecule has 162 valence electrons. The smallest absolute Gasteiger partial charge is 0.367 e. The first-order chi connectivity index (χ1) is 14.1. The van der Waals surface area contributed by atoms with Crippen LogP contribution in [0.3, 0.4) is 0 Å². The van der Waals surface area contributed by atoms with Gasteiger partial charge in [0.05, 0.1) is 5.56 Å². The lowest BCUT2D eigenvalue weighted by molar-refractivity contribution is -0.138. The van der Waals surface area contributed by atoms with E-state index >= 15 is 0 Å². The zero-order valence-corrected chi connectivity index (χ0v) is 17.3. The van der Waals surface area contributed by atoms with Crippen LogP contribution in [0.5, 0.6) is 0 Å². The van der Waals surface area contributed by atoms with Gasteiger partial charge in [-0.25, -0.2) is 4.98 Å². The number of primary amides is 1. The van der Waals surface area contributed by atoms with E-state index in [1.165, 1.54) is 12.1 Å². The Bertz CT molecular complexity index is 921. The van der Waals surface area contributed by atoms with Crippen LogP contribution in [0, 0.1) is 6.92 Å². The van der Waals surface area contributed by atoms with Crippen molar-refractivity contribution in [1.29, 1.82) is 0 Å². The molecule has 0 radical (unpaired) electrons. The van der Waals surface area contributed by atoms with Crippen molar-refractivity contribution in [3.8, 4) is 0 Å². The first-order valence-corrected chi connectivity index (χ1v) is 9.85. The molecule has 1 aromatic heterocycles. The maximum atomic E-state index is 13.6. The predicted octanol–water partition coefficient (Wildman–Crippen LogP) is 4.11. The second-order valence-electron chi connectivity index (χ2n) is 7.91. The maximum absolute atomic E-state index is 13.6. The Balaban J connectivity index is 1.78. The molecule has 0 aliphatic heterocycles. The summed E-state index contributed by atoms with van der Waals surface area (Å²) in [5.74, 6) is 0.0939. The third-order valence-corrected chi connectivity index (χ3v) is 5.41. The van der Waals surface area contributed by atoms with Gasteiger partial charge in [-0.05, 0) is 56.2 Å². The van der Waals surface area contributed by atoms with Gasteiger partial charge in [0, 0.05) is 37.5 Å². The molecule has 1 aliphatic carbocycles. The van der Waals surface area contributed by atoms with Crippen molar-refractivity contribution in [2.24, 2.45) is 5.73 Å². The van der Waals surface area contributed by atoms with Crippen LogP contribution in [0.15, 0.2) is 24.3 Å². The van der Waals surface area contributed by atoms with Crippen LogP contribution >= 0.6 is 0 Å². The molecule has 0 saturated heterocycles. The Labute approximate surface area is 173 Å². The molecule has 3 rings (SSSR count). The number of hydrogen-bond acceptors (Lipinski definition) is 5. The number of anilines is 2. The lowest BCUT2D eigenvalue weighted by atomic mass is 9.78.